The summed E-state index contributed by atoms with van der Waals surface area (Å²) in [5, 5.41) is 7.76. The molecule has 1 heterocycles. The summed E-state index contributed by atoms with van der Waals surface area (Å²) in [6.07, 6.45) is 0.346. The van der Waals surface area contributed by atoms with Crippen LogP contribution >= 0.6 is 0 Å². The third-order valence-electron chi connectivity index (χ3n) is 3.56. The predicted molar refractivity (Wildman–Crippen MR) is 91.8 cm³/mol. The van der Waals surface area contributed by atoms with Crippen LogP contribution in [0.2, 0.25) is 0 Å². The molecule has 1 amide bonds. The molecule has 0 fully saturated rings. The van der Waals surface area contributed by atoms with E-state index in [9.17, 15) is 4.79 Å². The van der Waals surface area contributed by atoms with Gasteiger partial charge in [0.1, 0.15) is 11.4 Å². The van der Waals surface area contributed by atoms with Crippen LogP contribution in [0, 0.1) is 0 Å². The van der Waals surface area contributed by atoms with E-state index in [0.717, 1.165) is 16.7 Å². The van der Waals surface area contributed by atoms with Crippen LogP contribution in [0.1, 0.15) is 25.1 Å². The van der Waals surface area contributed by atoms with E-state index in [1.54, 1.807) is 0 Å². The van der Waals surface area contributed by atoms with E-state index in [2.05, 4.69) is 10.5 Å². The molecule has 5 heteroatoms. The van der Waals surface area contributed by atoms with Gasteiger partial charge in [-0.1, -0.05) is 29.4 Å². The van der Waals surface area contributed by atoms with Crippen LogP contribution in [0.5, 0.6) is 5.75 Å². The Kier molecular flexibility index (Phi) is 4.79. The van der Waals surface area contributed by atoms with E-state index in [0.29, 0.717) is 17.8 Å². The van der Waals surface area contributed by atoms with Gasteiger partial charge in [0.25, 0.3) is 0 Å². The first-order chi connectivity index (χ1) is 11.6. The number of ether oxygens (including phenoxy) is 1. The maximum absolute atomic E-state index is 12.1. The quantitative estimate of drug-likeness (QED) is 0.754. The number of hydrogen-bond donors (Lipinski definition) is 1. The first-order valence-corrected chi connectivity index (χ1v) is 7.97. The van der Waals surface area contributed by atoms with Gasteiger partial charge in [0, 0.05) is 11.9 Å². The van der Waals surface area contributed by atoms with Crippen molar-refractivity contribution in [1.29, 1.82) is 0 Å². The molecule has 0 aliphatic heterocycles. The second-order valence-corrected chi connectivity index (χ2v) is 5.89. The lowest BCUT2D eigenvalue weighted by atomic mass is 10.1. The smallest absolute Gasteiger partial charge is 0.226 e. The standard InChI is InChI=1S/C19H20N2O3/c1-13(2)23-15-9-7-14(8-10-15)12-20-19(22)11-17-16-5-3-4-6-18(16)24-21-17/h3-10,13H,11-12H2,1-2H3,(H,20,22). The minimum absolute atomic E-state index is 0.0865. The first-order valence-electron chi connectivity index (χ1n) is 7.97. The van der Waals surface area contributed by atoms with Crippen molar-refractivity contribution >= 4 is 16.9 Å². The maximum atomic E-state index is 12.1. The van der Waals surface area contributed by atoms with Gasteiger partial charge in [-0.2, -0.15) is 0 Å². The van der Waals surface area contributed by atoms with Crippen LogP contribution < -0.4 is 10.1 Å². The van der Waals surface area contributed by atoms with Gasteiger partial charge < -0.3 is 14.6 Å². The normalized spacial score (nSPS) is 11.0. The molecule has 0 saturated heterocycles. The summed E-state index contributed by atoms with van der Waals surface area (Å²) in [6.45, 7) is 4.44. The average molecular weight is 324 g/mol. The Morgan fingerprint density at radius 2 is 1.92 bits per heavy atom. The van der Waals surface area contributed by atoms with Crippen LogP contribution in [0.25, 0.3) is 11.0 Å². The number of nitrogens with one attached hydrogen (secondary N) is 1. The van der Waals surface area contributed by atoms with Gasteiger partial charge in [0.05, 0.1) is 12.5 Å². The molecule has 5 nitrogen and oxygen atoms in total. The summed E-state index contributed by atoms with van der Waals surface area (Å²) in [4.78, 5) is 12.1. The number of hydrogen-bond acceptors (Lipinski definition) is 4. The molecular formula is C19H20N2O3. The van der Waals surface area contributed by atoms with Crippen molar-refractivity contribution in [2.75, 3.05) is 0 Å². The number of amides is 1. The Morgan fingerprint density at radius 3 is 2.67 bits per heavy atom. The van der Waals surface area contributed by atoms with Gasteiger partial charge in [0.2, 0.25) is 5.91 Å². The van der Waals surface area contributed by atoms with Crippen molar-refractivity contribution in [2.24, 2.45) is 0 Å². The fourth-order valence-corrected chi connectivity index (χ4v) is 2.44. The monoisotopic (exact) mass is 324 g/mol. The molecule has 3 rings (SSSR count). The Hall–Kier alpha value is -2.82. The number of fused-ring (bicyclic) bond motifs is 1. The van der Waals surface area contributed by atoms with Crippen molar-refractivity contribution in [3.05, 3.63) is 59.8 Å². The molecule has 0 saturated carbocycles. The SMILES string of the molecule is CC(C)Oc1ccc(CNC(=O)Cc2noc3ccccc23)cc1. The average Bonchev–Trinajstić information content (AvgIpc) is 2.97. The first kappa shape index (κ1) is 16.1. The highest BCUT2D eigenvalue weighted by Crippen LogP contribution is 2.18. The molecule has 1 N–H and O–H groups in total. The van der Waals surface area contributed by atoms with Gasteiger partial charge in [-0.05, 0) is 43.7 Å². The highest BCUT2D eigenvalue weighted by atomic mass is 16.5. The number of nitrogens with zero attached hydrogens (tertiary/aromatic N) is 1. The van der Waals surface area contributed by atoms with Crippen molar-refractivity contribution in [2.45, 2.75) is 32.9 Å². The van der Waals surface area contributed by atoms with E-state index in [1.165, 1.54) is 0 Å². The second-order valence-electron chi connectivity index (χ2n) is 5.89. The highest BCUT2D eigenvalue weighted by Gasteiger charge is 2.11. The lowest BCUT2D eigenvalue weighted by Gasteiger charge is -2.10. The second kappa shape index (κ2) is 7.17. The van der Waals surface area contributed by atoms with Crippen molar-refractivity contribution in [3.8, 4) is 5.75 Å². The molecule has 3 aromatic rings. The fraction of sp³-hybridized carbons (Fsp3) is 0.263. The third kappa shape index (κ3) is 3.93. The summed E-state index contributed by atoms with van der Waals surface area (Å²) in [6, 6.07) is 15.2. The summed E-state index contributed by atoms with van der Waals surface area (Å²) in [7, 11) is 0. The molecule has 0 spiro atoms. The van der Waals surface area contributed by atoms with Crippen molar-refractivity contribution in [1.82, 2.24) is 10.5 Å². The van der Waals surface area contributed by atoms with Crippen molar-refractivity contribution in [3.63, 3.8) is 0 Å². The topological polar surface area (TPSA) is 64.4 Å². The maximum Gasteiger partial charge on any atom is 0.226 e. The summed E-state index contributed by atoms with van der Waals surface area (Å²) in [5.41, 5.74) is 2.37. The van der Waals surface area contributed by atoms with Crippen molar-refractivity contribution < 1.29 is 14.1 Å². The summed E-state index contributed by atoms with van der Waals surface area (Å²) >= 11 is 0. The molecule has 0 atom stereocenters. The largest absolute Gasteiger partial charge is 0.491 e. The Morgan fingerprint density at radius 1 is 1.17 bits per heavy atom. The highest BCUT2D eigenvalue weighted by molar-refractivity contribution is 5.86. The molecule has 0 radical (unpaired) electrons. The van der Waals surface area contributed by atoms with Crippen LogP contribution in [0.15, 0.2) is 53.1 Å². The number of aromatic nitrogens is 1. The molecule has 0 bridgehead atoms. The van der Waals surface area contributed by atoms with E-state index < -0.39 is 0 Å². The van der Waals surface area contributed by atoms with Crippen LogP contribution in [-0.2, 0) is 17.8 Å². The molecular weight excluding hydrogens is 304 g/mol. The fourth-order valence-electron chi connectivity index (χ4n) is 2.44. The molecule has 1 aromatic heterocycles. The molecule has 124 valence electrons. The van der Waals surface area contributed by atoms with Gasteiger partial charge in [-0.15, -0.1) is 0 Å². The summed E-state index contributed by atoms with van der Waals surface area (Å²) in [5.74, 6) is 0.741. The van der Waals surface area contributed by atoms with Gasteiger partial charge in [-0.25, -0.2) is 0 Å². The zero-order valence-corrected chi connectivity index (χ0v) is 13.8. The van der Waals surface area contributed by atoms with E-state index in [4.69, 9.17) is 9.26 Å². The molecule has 0 aliphatic carbocycles. The molecule has 2 aromatic carbocycles. The number of carbonyl (C=O) groups excluding carboxylic acids is 1. The van der Waals surface area contributed by atoms with E-state index >= 15 is 0 Å². The van der Waals surface area contributed by atoms with Gasteiger partial charge >= 0.3 is 0 Å². The molecule has 24 heavy (non-hydrogen) atoms. The van der Waals surface area contributed by atoms with Crippen LogP contribution in [-0.4, -0.2) is 17.2 Å². The minimum atomic E-state index is -0.0865. The molecule has 0 aliphatic rings. The number of benzene rings is 2. The lowest BCUT2D eigenvalue weighted by molar-refractivity contribution is -0.120. The number of para-hydroxylation sites is 1. The Bertz CT molecular complexity index is 822. The number of carbonyl (C=O) groups is 1. The lowest BCUT2D eigenvalue weighted by Crippen LogP contribution is -2.24. The zero-order chi connectivity index (χ0) is 16.9. The summed E-state index contributed by atoms with van der Waals surface area (Å²) < 4.78 is 10.8. The predicted octanol–water partition coefficient (Wildman–Crippen LogP) is 3.47. The van der Waals surface area contributed by atoms with Crippen LogP contribution in [0.4, 0.5) is 0 Å². The van der Waals surface area contributed by atoms with Crippen LogP contribution in [0.3, 0.4) is 0 Å². The van der Waals surface area contributed by atoms with Gasteiger partial charge in [-0.3, -0.25) is 4.79 Å². The van der Waals surface area contributed by atoms with E-state index in [-0.39, 0.29) is 18.4 Å². The molecule has 0 unspecified atom stereocenters. The van der Waals surface area contributed by atoms with E-state index in [1.807, 2.05) is 62.4 Å². The zero-order valence-electron chi connectivity index (χ0n) is 13.8. The van der Waals surface area contributed by atoms with Gasteiger partial charge in [0.15, 0.2) is 5.58 Å². The Labute approximate surface area is 140 Å². The third-order valence-corrected chi connectivity index (χ3v) is 3.56. The Balaban J connectivity index is 1.55. The minimum Gasteiger partial charge on any atom is -0.491 e. The number of rotatable bonds is 6.